The van der Waals surface area contributed by atoms with Gasteiger partial charge in [0.1, 0.15) is 11.9 Å². The lowest BCUT2D eigenvalue weighted by atomic mass is 9.97. The van der Waals surface area contributed by atoms with Crippen molar-refractivity contribution in [1.82, 2.24) is 20.0 Å². The maximum Gasteiger partial charge on any atom is 0.267 e. The summed E-state index contributed by atoms with van der Waals surface area (Å²) in [6.45, 7) is 1.02. The van der Waals surface area contributed by atoms with Crippen LogP contribution in [-0.4, -0.2) is 39.2 Å². The highest BCUT2D eigenvalue weighted by Gasteiger charge is 2.32. The van der Waals surface area contributed by atoms with Crippen molar-refractivity contribution in [2.45, 2.75) is 57.0 Å². The van der Waals surface area contributed by atoms with Gasteiger partial charge in [-0.25, -0.2) is 4.68 Å². The van der Waals surface area contributed by atoms with Crippen LogP contribution >= 0.6 is 0 Å². The first-order chi connectivity index (χ1) is 12.8. The van der Waals surface area contributed by atoms with Crippen molar-refractivity contribution in [3.05, 3.63) is 45.0 Å². The molecule has 5 rings (SSSR count). The maximum absolute atomic E-state index is 12.5. The van der Waals surface area contributed by atoms with E-state index in [0.29, 0.717) is 13.2 Å². The molecule has 7 heteroatoms. The van der Waals surface area contributed by atoms with Gasteiger partial charge in [-0.3, -0.25) is 4.79 Å². The summed E-state index contributed by atoms with van der Waals surface area (Å²) in [7, 11) is 0. The van der Waals surface area contributed by atoms with E-state index in [1.165, 1.54) is 18.4 Å². The number of aromatic nitrogens is 4. The van der Waals surface area contributed by atoms with Gasteiger partial charge >= 0.3 is 0 Å². The molecule has 3 aliphatic rings. The van der Waals surface area contributed by atoms with Gasteiger partial charge in [0, 0.05) is 6.07 Å². The van der Waals surface area contributed by atoms with Gasteiger partial charge in [-0.05, 0) is 62.1 Å². The van der Waals surface area contributed by atoms with E-state index in [9.17, 15) is 4.79 Å². The van der Waals surface area contributed by atoms with Gasteiger partial charge in [0.25, 0.3) is 5.56 Å². The second-order valence-electron chi connectivity index (χ2n) is 7.52. The summed E-state index contributed by atoms with van der Waals surface area (Å²) in [6.07, 6.45) is 7.49. The predicted octanol–water partition coefficient (Wildman–Crippen LogP) is 1.45. The zero-order chi connectivity index (χ0) is 17.5. The molecule has 0 spiro atoms. The number of fused-ring (bicyclic) bond motifs is 2. The summed E-state index contributed by atoms with van der Waals surface area (Å²) < 4.78 is 7.28. The highest BCUT2D eigenvalue weighted by Crippen LogP contribution is 2.25. The molecule has 2 aliphatic carbocycles. The molecule has 2 aromatic heterocycles. The number of rotatable bonds is 3. The minimum Gasteiger partial charge on any atom is -0.377 e. The molecule has 1 saturated heterocycles. The highest BCUT2D eigenvalue weighted by atomic mass is 16.5. The Morgan fingerprint density at radius 1 is 0.962 bits per heavy atom. The van der Waals surface area contributed by atoms with E-state index >= 15 is 0 Å². The summed E-state index contributed by atoms with van der Waals surface area (Å²) in [5.41, 5.74) is 4.54. The summed E-state index contributed by atoms with van der Waals surface area (Å²) in [4.78, 5) is 12.5. The zero-order valence-electron chi connectivity index (χ0n) is 14.8. The molecular weight excluding hydrogens is 330 g/mol. The average molecular weight is 353 g/mol. The lowest BCUT2D eigenvalue weighted by Gasteiger charge is -2.22. The van der Waals surface area contributed by atoms with Gasteiger partial charge in [0.15, 0.2) is 0 Å². The van der Waals surface area contributed by atoms with Crippen molar-refractivity contribution in [1.29, 1.82) is 0 Å². The Labute approximate surface area is 151 Å². The Morgan fingerprint density at radius 2 is 1.77 bits per heavy atom. The van der Waals surface area contributed by atoms with Crippen LogP contribution < -0.4 is 10.9 Å². The Kier molecular flexibility index (Phi) is 3.96. The first kappa shape index (κ1) is 15.9. The van der Waals surface area contributed by atoms with Crippen LogP contribution in [0.15, 0.2) is 16.9 Å². The van der Waals surface area contributed by atoms with Crippen LogP contribution in [0.25, 0.3) is 0 Å². The number of nitrogens with one attached hydrogen (secondary N) is 1. The quantitative estimate of drug-likeness (QED) is 0.899. The van der Waals surface area contributed by atoms with E-state index in [-0.39, 0.29) is 17.6 Å². The van der Waals surface area contributed by atoms with Gasteiger partial charge in [0.05, 0.1) is 30.6 Å². The van der Waals surface area contributed by atoms with E-state index in [0.717, 1.165) is 54.9 Å². The van der Waals surface area contributed by atoms with Gasteiger partial charge in [-0.1, -0.05) is 0 Å². The Balaban J connectivity index is 1.40. The Bertz CT molecular complexity index is 894. The lowest BCUT2D eigenvalue weighted by molar-refractivity contribution is 0.182. The van der Waals surface area contributed by atoms with Crippen LogP contribution in [0.2, 0.25) is 0 Å². The van der Waals surface area contributed by atoms with E-state index in [1.807, 2.05) is 0 Å². The summed E-state index contributed by atoms with van der Waals surface area (Å²) >= 11 is 0. The smallest absolute Gasteiger partial charge is 0.267 e. The molecule has 2 atom stereocenters. The standard InChI is InChI=1S/C19H23N5O2/c25-19-9-13-5-3-7-15(13)23-24(19)17-11-26-10-16(17)20-18-8-12-4-1-2-6-14(12)21-22-18/h8-9,16-17H,1-7,10-11H2,(H,20,22). The number of hydrogen-bond donors (Lipinski definition) is 1. The van der Waals surface area contributed by atoms with E-state index in [2.05, 4.69) is 26.7 Å². The first-order valence-corrected chi connectivity index (χ1v) is 9.59. The second kappa shape index (κ2) is 6.46. The molecule has 0 saturated carbocycles. The highest BCUT2D eigenvalue weighted by molar-refractivity contribution is 5.40. The van der Waals surface area contributed by atoms with Crippen molar-refractivity contribution < 1.29 is 4.74 Å². The van der Waals surface area contributed by atoms with Crippen molar-refractivity contribution in [2.24, 2.45) is 0 Å². The number of nitrogens with zero attached hydrogens (tertiary/aromatic N) is 4. The van der Waals surface area contributed by atoms with Gasteiger partial charge in [-0.2, -0.15) is 10.2 Å². The third kappa shape index (κ3) is 2.80. The zero-order valence-corrected chi connectivity index (χ0v) is 14.8. The molecule has 1 aliphatic heterocycles. The SMILES string of the molecule is O=c1cc2c(nn1C1COCC1Nc1cc3c(nn1)CCCC3)CCC2. The fraction of sp³-hybridized carbons (Fsp3) is 0.579. The largest absolute Gasteiger partial charge is 0.377 e. The van der Waals surface area contributed by atoms with E-state index in [1.54, 1.807) is 10.7 Å². The normalized spacial score (nSPS) is 24.3. The summed E-state index contributed by atoms with van der Waals surface area (Å²) in [5.74, 6) is 0.764. The van der Waals surface area contributed by atoms with Gasteiger partial charge in [-0.15, -0.1) is 5.10 Å². The molecule has 7 nitrogen and oxygen atoms in total. The minimum absolute atomic E-state index is 0.0319. The number of ether oxygens (including phenoxy) is 1. The van der Waals surface area contributed by atoms with E-state index in [4.69, 9.17) is 4.74 Å². The van der Waals surface area contributed by atoms with Crippen molar-refractivity contribution >= 4 is 5.82 Å². The molecule has 2 aromatic rings. The van der Waals surface area contributed by atoms with Crippen molar-refractivity contribution in [3.8, 4) is 0 Å². The van der Waals surface area contributed by atoms with Crippen LogP contribution in [0.5, 0.6) is 0 Å². The molecule has 136 valence electrons. The molecule has 3 heterocycles. The molecule has 1 N–H and O–H groups in total. The molecule has 0 bridgehead atoms. The predicted molar refractivity (Wildman–Crippen MR) is 96.5 cm³/mol. The van der Waals surface area contributed by atoms with Crippen molar-refractivity contribution in [2.75, 3.05) is 18.5 Å². The number of anilines is 1. The molecule has 0 radical (unpaired) electrons. The third-order valence-corrected chi connectivity index (χ3v) is 5.75. The van der Waals surface area contributed by atoms with Gasteiger partial charge < -0.3 is 10.1 Å². The van der Waals surface area contributed by atoms with Crippen LogP contribution in [-0.2, 0) is 30.4 Å². The topological polar surface area (TPSA) is 81.9 Å². The number of hydrogen-bond acceptors (Lipinski definition) is 6. The molecule has 2 unspecified atom stereocenters. The maximum atomic E-state index is 12.5. The Hall–Kier alpha value is -2.28. The summed E-state index contributed by atoms with van der Waals surface area (Å²) in [6, 6.07) is 3.71. The minimum atomic E-state index is -0.119. The third-order valence-electron chi connectivity index (χ3n) is 5.75. The van der Waals surface area contributed by atoms with Crippen molar-refractivity contribution in [3.63, 3.8) is 0 Å². The van der Waals surface area contributed by atoms with E-state index < -0.39 is 0 Å². The molecule has 1 fully saturated rings. The monoisotopic (exact) mass is 353 g/mol. The van der Waals surface area contributed by atoms with Crippen LogP contribution in [0, 0.1) is 0 Å². The molecule has 0 amide bonds. The van der Waals surface area contributed by atoms with Crippen LogP contribution in [0.4, 0.5) is 5.82 Å². The average Bonchev–Trinajstić information content (AvgIpc) is 3.29. The second-order valence-corrected chi connectivity index (χ2v) is 7.52. The first-order valence-electron chi connectivity index (χ1n) is 9.59. The Morgan fingerprint density at radius 3 is 2.73 bits per heavy atom. The molecule has 0 aromatic carbocycles. The fourth-order valence-electron chi connectivity index (χ4n) is 4.33. The molecular formula is C19H23N5O2. The van der Waals surface area contributed by atoms with Crippen LogP contribution in [0.3, 0.4) is 0 Å². The fourth-order valence-corrected chi connectivity index (χ4v) is 4.33. The van der Waals surface area contributed by atoms with Gasteiger partial charge in [0.2, 0.25) is 0 Å². The molecule has 26 heavy (non-hydrogen) atoms. The number of aryl methyl sites for hydroxylation is 4. The summed E-state index contributed by atoms with van der Waals surface area (Å²) in [5, 5.41) is 16.8. The lowest BCUT2D eigenvalue weighted by Crippen LogP contribution is -2.38. The van der Waals surface area contributed by atoms with Crippen LogP contribution in [0.1, 0.15) is 47.8 Å².